The zero-order valence-corrected chi connectivity index (χ0v) is 3.83. The fraction of sp³-hybridized carbons (Fsp3) is 1.00. The molecule has 1 heterocycles. The van der Waals surface area contributed by atoms with Crippen LogP contribution in [0.1, 0.15) is 0 Å². The molecule has 0 aromatic carbocycles. The van der Waals surface area contributed by atoms with Crippen molar-refractivity contribution in [3.05, 3.63) is 0 Å². The molecule has 1 aliphatic rings. The molecule has 0 radical (unpaired) electrons. The molecule has 0 aliphatic carbocycles. The summed E-state index contributed by atoms with van der Waals surface area (Å²) in [5.74, 6) is 0. The SMILES string of the molecule is C1CNCCN1.[CaH2]. The first-order valence-electron chi connectivity index (χ1n) is 2.41. The van der Waals surface area contributed by atoms with Crippen LogP contribution in [0.4, 0.5) is 0 Å². The van der Waals surface area contributed by atoms with Crippen LogP contribution in [0.5, 0.6) is 0 Å². The first-order valence-corrected chi connectivity index (χ1v) is 2.41. The van der Waals surface area contributed by atoms with Crippen molar-refractivity contribution >= 4 is 37.7 Å². The molecular weight excluding hydrogens is 116 g/mol. The molecule has 0 amide bonds. The van der Waals surface area contributed by atoms with Gasteiger partial charge in [0.05, 0.1) is 0 Å². The zero-order valence-electron chi connectivity index (χ0n) is 3.83. The van der Waals surface area contributed by atoms with E-state index in [1.165, 1.54) is 0 Å². The molecular formula is C4H12CaN2. The standard InChI is InChI=1S/C4H10N2.Ca.2H/c1-2-6-4-3-5-1;;;/h5-6H,1-4H2;;;. The van der Waals surface area contributed by atoms with Gasteiger partial charge in [0.15, 0.2) is 0 Å². The average molecular weight is 128 g/mol. The topological polar surface area (TPSA) is 24.1 Å². The summed E-state index contributed by atoms with van der Waals surface area (Å²) < 4.78 is 0. The van der Waals surface area contributed by atoms with Gasteiger partial charge in [-0.2, -0.15) is 0 Å². The summed E-state index contributed by atoms with van der Waals surface area (Å²) in [6.07, 6.45) is 0. The first kappa shape index (κ1) is 8.18. The monoisotopic (exact) mass is 128 g/mol. The van der Waals surface area contributed by atoms with Crippen molar-refractivity contribution in [3.8, 4) is 0 Å². The van der Waals surface area contributed by atoms with Gasteiger partial charge in [-0.3, -0.25) is 0 Å². The number of hydrogen-bond donors (Lipinski definition) is 2. The predicted octanol–water partition coefficient (Wildman–Crippen LogP) is -1.74. The zero-order chi connectivity index (χ0) is 4.24. The van der Waals surface area contributed by atoms with Gasteiger partial charge in [0.25, 0.3) is 0 Å². The predicted molar refractivity (Wildman–Crippen MR) is 34.3 cm³/mol. The van der Waals surface area contributed by atoms with Gasteiger partial charge in [-0.25, -0.2) is 0 Å². The second-order valence-electron chi connectivity index (χ2n) is 1.50. The molecule has 2 N–H and O–H groups in total. The van der Waals surface area contributed by atoms with Crippen LogP contribution in [-0.4, -0.2) is 63.9 Å². The Morgan fingerprint density at radius 2 is 1.00 bits per heavy atom. The van der Waals surface area contributed by atoms with Gasteiger partial charge in [0, 0.05) is 26.2 Å². The van der Waals surface area contributed by atoms with Crippen LogP contribution < -0.4 is 10.6 Å². The van der Waals surface area contributed by atoms with E-state index in [0.29, 0.717) is 0 Å². The Labute approximate surface area is 74.0 Å². The van der Waals surface area contributed by atoms with E-state index < -0.39 is 0 Å². The molecule has 2 nitrogen and oxygen atoms in total. The Hall–Kier alpha value is 1.18. The summed E-state index contributed by atoms with van der Waals surface area (Å²) >= 11 is 0. The van der Waals surface area contributed by atoms with Crippen LogP contribution in [0, 0.1) is 0 Å². The van der Waals surface area contributed by atoms with Crippen LogP contribution in [-0.2, 0) is 0 Å². The van der Waals surface area contributed by atoms with Crippen molar-refractivity contribution < 1.29 is 0 Å². The molecule has 0 atom stereocenters. The van der Waals surface area contributed by atoms with Crippen molar-refractivity contribution in [3.63, 3.8) is 0 Å². The molecule has 0 saturated carbocycles. The van der Waals surface area contributed by atoms with E-state index in [-0.39, 0.29) is 37.7 Å². The molecule has 3 heteroatoms. The van der Waals surface area contributed by atoms with Gasteiger partial charge in [-0.15, -0.1) is 0 Å². The van der Waals surface area contributed by atoms with E-state index in [0.717, 1.165) is 26.2 Å². The quantitative estimate of drug-likeness (QED) is 0.379. The molecule has 1 aliphatic heterocycles. The van der Waals surface area contributed by atoms with E-state index in [1.54, 1.807) is 0 Å². The summed E-state index contributed by atoms with van der Waals surface area (Å²) in [6.45, 7) is 4.56. The summed E-state index contributed by atoms with van der Waals surface area (Å²) in [7, 11) is 0. The van der Waals surface area contributed by atoms with Gasteiger partial charge in [0.2, 0.25) is 0 Å². The van der Waals surface area contributed by atoms with Crippen LogP contribution >= 0.6 is 0 Å². The van der Waals surface area contributed by atoms with Gasteiger partial charge in [0.1, 0.15) is 0 Å². The molecule has 0 spiro atoms. The summed E-state index contributed by atoms with van der Waals surface area (Å²) in [5.41, 5.74) is 0. The second kappa shape index (κ2) is 5.32. The Bertz CT molecular complexity index is 25.2. The molecule has 0 bridgehead atoms. The van der Waals surface area contributed by atoms with Crippen LogP contribution in [0.2, 0.25) is 0 Å². The van der Waals surface area contributed by atoms with E-state index in [1.807, 2.05) is 0 Å². The number of nitrogens with one attached hydrogen (secondary N) is 2. The van der Waals surface area contributed by atoms with Crippen molar-refractivity contribution in [1.29, 1.82) is 0 Å². The maximum absolute atomic E-state index is 3.22. The molecule has 0 unspecified atom stereocenters. The third-order valence-corrected chi connectivity index (χ3v) is 0.957. The Morgan fingerprint density at radius 1 is 0.714 bits per heavy atom. The molecule has 0 aromatic heterocycles. The number of rotatable bonds is 0. The van der Waals surface area contributed by atoms with Gasteiger partial charge in [-0.05, 0) is 0 Å². The molecule has 1 fully saturated rings. The fourth-order valence-electron chi connectivity index (χ4n) is 0.604. The molecule has 1 saturated heterocycles. The van der Waals surface area contributed by atoms with Gasteiger partial charge in [-0.1, -0.05) is 0 Å². The number of piperazine rings is 1. The summed E-state index contributed by atoms with van der Waals surface area (Å²) in [6, 6.07) is 0. The third-order valence-electron chi connectivity index (χ3n) is 0.957. The van der Waals surface area contributed by atoms with E-state index in [9.17, 15) is 0 Å². The van der Waals surface area contributed by atoms with Crippen molar-refractivity contribution in [2.24, 2.45) is 0 Å². The van der Waals surface area contributed by atoms with E-state index >= 15 is 0 Å². The molecule has 0 aromatic rings. The van der Waals surface area contributed by atoms with Gasteiger partial charge >= 0.3 is 37.7 Å². The molecule has 7 heavy (non-hydrogen) atoms. The Kier molecular flexibility index (Phi) is 6.22. The maximum atomic E-state index is 3.22. The van der Waals surface area contributed by atoms with Crippen LogP contribution in [0.3, 0.4) is 0 Å². The van der Waals surface area contributed by atoms with E-state index in [4.69, 9.17) is 0 Å². The average Bonchev–Trinajstić information content (AvgIpc) is 1.72. The van der Waals surface area contributed by atoms with Gasteiger partial charge < -0.3 is 10.6 Å². The Morgan fingerprint density at radius 3 is 1.14 bits per heavy atom. The third kappa shape index (κ3) is 3.74. The minimum absolute atomic E-state index is 0. The molecule has 40 valence electrons. The normalized spacial score (nSPS) is 20.6. The van der Waals surface area contributed by atoms with Crippen molar-refractivity contribution in [2.75, 3.05) is 26.2 Å². The summed E-state index contributed by atoms with van der Waals surface area (Å²) in [4.78, 5) is 0. The first-order chi connectivity index (χ1) is 3.00. The van der Waals surface area contributed by atoms with E-state index in [2.05, 4.69) is 10.6 Å². The Balaban J connectivity index is 0.000000360. The minimum atomic E-state index is 0. The second-order valence-corrected chi connectivity index (χ2v) is 1.50. The fourth-order valence-corrected chi connectivity index (χ4v) is 0.604. The van der Waals surface area contributed by atoms with Crippen molar-refractivity contribution in [1.82, 2.24) is 10.6 Å². The summed E-state index contributed by atoms with van der Waals surface area (Å²) in [5, 5.41) is 6.44. The van der Waals surface area contributed by atoms with Crippen LogP contribution in [0.25, 0.3) is 0 Å². The van der Waals surface area contributed by atoms with Crippen LogP contribution in [0.15, 0.2) is 0 Å². The molecule has 1 rings (SSSR count). The number of hydrogen-bond acceptors (Lipinski definition) is 2. The van der Waals surface area contributed by atoms with Crippen molar-refractivity contribution in [2.45, 2.75) is 0 Å².